The van der Waals surface area contributed by atoms with Gasteiger partial charge in [-0.25, -0.2) is 4.98 Å². The van der Waals surface area contributed by atoms with Crippen LogP contribution in [0.5, 0.6) is 11.5 Å². The summed E-state index contributed by atoms with van der Waals surface area (Å²) in [5.74, 6) is 2.82. The molecule has 1 saturated heterocycles. The van der Waals surface area contributed by atoms with Gasteiger partial charge in [-0.05, 0) is 67.3 Å². The number of carbonyl (C=O) groups is 1. The monoisotopic (exact) mass is 487 g/mol. The van der Waals surface area contributed by atoms with Crippen molar-refractivity contribution in [3.8, 4) is 11.5 Å². The molecule has 1 aliphatic heterocycles. The molecule has 1 atom stereocenters. The Hall–Kier alpha value is -3.45. The molecule has 0 bridgehead atoms. The van der Waals surface area contributed by atoms with Crippen LogP contribution in [0.2, 0.25) is 0 Å². The molecule has 1 amide bonds. The smallest absolute Gasteiger partial charge is 0.227 e. The lowest BCUT2D eigenvalue weighted by atomic mass is 10.1. The highest BCUT2D eigenvalue weighted by atomic mass is 32.2. The van der Waals surface area contributed by atoms with Crippen molar-refractivity contribution in [2.45, 2.75) is 30.2 Å². The van der Waals surface area contributed by atoms with E-state index >= 15 is 0 Å². The second-order valence-electron chi connectivity index (χ2n) is 8.59. The topological polar surface area (TPSA) is 56.6 Å². The summed E-state index contributed by atoms with van der Waals surface area (Å²) in [5.41, 5.74) is 3.02. The van der Waals surface area contributed by atoms with E-state index in [0.29, 0.717) is 19.6 Å². The fraction of sp³-hybridized carbons (Fsp3) is 0.286. The van der Waals surface area contributed by atoms with Gasteiger partial charge in [0.05, 0.1) is 24.8 Å². The minimum Gasteiger partial charge on any atom is -0.497 e. The van der Waals surface area contributed by atoms with E-state index in [9.17, 15) is 4.79 Å². The van der Waals surface area contributed by atoms with Crippen molar-refractivity contribution in [1.29, 1.82) is 0 Å². The van der Waals surface area contributed by atoms with Gasteiger partial charge in [0.2, 0.25) is 5.91 Å². The van der Waals surface area contributed by atoms with Crippen LogP contribution in [-0.2, 0) is 11.3 Å². The Bertz CT molecular complexity index is 1320. The average molecular weight is 488 g/mol. The Morgan fingerprint density at radius 3 is 2.63 bits per heavy atom. The van der Waals surface area contributed by atoms with Crippen molar-refractivity contribution in [2.24, 2.45) is 0 Å². The maximum atomic E-state index is 13.0. The molecule has 6 nitrogen and oxygen atoms in total. The first kappa shape index (κ1) is 23.3. The number of anilines is 1. The second-order valence-corrected chi connectivity index (χ2v) is 9.47. The van der Waals surface area contributed by atoms with Gasteiger partial charge in [0.1, 0.15) is 17.3 Å². The number of thioether (sulfide) groups is 1. The van der Waals surface area contributed by atoms with Crippen molar-refractivity contribution in [3.05, 3.63) is 78.6 Å². The molecule has 0 N–H and O–H groups in total. The minimum absolute atomic E-state index is 0.0512. The molecule has 180 valence electrons. The molecular weight excluding hydrogens is 458 g/mol. The first-order valence-electron chi connectivity index (χ1n) is 11.8. The van der Waals surface area contributed by atoms with Crippen LogP contribution in [0.25, 0.3) is 11.0 Å². The maximum absolute atomic E-state index is 13.0. The normalized spacial score (nSPS) is 15.7. The van der Waals surface area contributed by atoms with Crippen LogP contribution in [0.4, 0.5) is 5.69 Å². The van der Waals surface area contributed by atoms with Crippen LogP contribution in [0.3, 0.4) is 0 Å². The largest absolute Gasteiger partial charge is 0.497 e. The highest BCUT2D eigenvalue weighted by Crippen LogP contribution is 2.34. The summed E-state index contributed by atoms with van der Waals surface area (Å²) in [4.78, 5) is 21.0. The summed E-state index contributed by atoms with van der Waals surface area (Å²) in [7, 11) is 1.65. The summed E-state index contributed by atoms with van der Waals surface area (Å²) in [6.07, 6.45) is 3.35. The van der Waals surface area contributed by atoms with E-state index in [1.165, 1.54) is 0 Å². The van der Waals surface area contributed by atoms with Gasteiger partial charge in [0.15, 0.2) is 0 Å². The number of para-hydroxylation sites is 2. The number of hydrogen-bond donors (Lipinski definition) is 0. The Kier molecular flexibility index (Phi) is 6.95. The van der Waals surface area contributed by atoms with E-state index in [1.807, 2.05) is 59.5 Å². The standard InChI is InChI=1S/C28H29N3O3S/c1-33-22-11-13-23(14-12-22)34-16-6-15-30-26-10-4-3-9-25(26)29-28(30)20-17-27(32)31(19-20)21-7-5-8-24(18-21)35-2/h3-5,7-14,18,20H,6,15-17,19H2,1-2H3/t20-/m1/s1. The first-order chi connectivity index (χ1) is 17.2. The van der Waals surface area contributed by atoms with E-state index < -0.39 is 0 Å². The molecule has 0 saturated carbocycles. The fourth-order valence-corrected chi connectivity index (χ4v) is 5.09. The van der Waals surface area contributed by atoms with Crippen LogP contribution in [0, 0.1) is 0 Å². The SMILES string of the molecule is COc1ccc(OCCCn2c([C@@H]3CC(=O)N(c4cccc(SC)c4)C3)nc3ccccc32)cc1. The molecule has 2 heterocycles. The summed E-state index contributed by atoms with van der Waals surface area (Å²) >= 11 is 1.68. The number of ether oxygens (including phenoxy) is 2. The van der Waals surface area contributed by atoms with Gasteiger partial charge in [-0.2, -0.15) is 0 Å². The van der Waals surface area contributed by atoms with E-state index in [4.69, 9.17) is 14.5 Å². The van der Waals surface area contributed by atoms with Gasteiger partial charge in [-0.15, -0.1) is 11.8 Å². The van der Waals surface area contributed by atoms with Crippen molar-refractivity contribution in [1.82, 2.24) is 9.55 Å². The molecule has 1 aliphatic rings. The third-order valence-electron chi connectivity index (χ3n) is 6.39. The molecule has 1 aromatic heterocycles. The zero-order valence-electron chi connectivity index (χ0n) is 20.0. The number of imidazole rings is 1. The summed E-state index contributed by atoms with van der Waals surface area (Å²) < 4.78 is 13.4. The van der Waals surface area contributed by atoms with Crippen LogP contribution < -0.4 is 14.4 Å². The zero-order chi connectivity index (χ0) is 24.2. The fourth-order valence-electron chi connectivity index (χ4n) is 4.63. The van der Waals surface area contributed by atoms with Crippen LogP contribution in [0.15, 0.2) is 77.7 Å². The number of aromatic nitrogens is 2. The first-order valence-corrected chi connectivity index (χ1v) is 13.0. The number of benzene rings is 3. The molecule has 0 unspecified atom stereocenters. The highest BCUT2D eigenvalue weighted by Gasteiger charge is 2.34. The number of fused-ring (bicyclic) bond motifs is 1. The quantitative estimate of drug-likeness (QED) is 0.222. The van der Waals surface area contributed by atoms with Crippen LogP contribution in [0.1, 0.15) is 24.6 Å². The second kappa shape index (κ2) is 10.4. The van der Waals surface area contributed by atoms with Gasteiger partial charge in [-0.1, -0.05) is 18.2 Å². The Balaban J connectivity index is 1.32. The Morgan fingerprint density at radius 2 is 1.83 bits per heavy atom. The third-order valence-corrected chi connectivity index (χ3v) is 7.12. The van der Waals surface area contributed by atoms with E-state index in [1.54, 1.807) is 18.9 Å². The zero-order valence-corrected chi connectivity index (χ0v) is 20.8. The Labute approximate surface area is 209 Å². The molecule has 0 radical (unpaired) electrons. The predicted octanol–water partition coefficient (Wildman–Crippen LogP) is 5.76. The number of aryl methyl sites for hydroxylation is 1. The molecule has 35 heavy (non-hydrogen) atoms. The van der Waals surface area contributed by atoms with Crippen LogP contribution >= 0.6 is 11.8 Å². The van der Waals surface area contributed by atoms with Gasteiger partial charge >= 0.3 is 0 Å². The van der Waals surface area contributed by atoms with E-state index in [-0.39, 0.29) is 11.8 Å². The molecule has 0 aliphatic carbocycles. The summed E-state index contributed by atoms with van der Waals surface area (Å²) in [5, 5.41) is 0. The lowest BCUT2D eigenvalue weighted by Gasteiger charge is -2.18. The van der Waals surface area contributed by atoms with Gasteiger partial charge < -0.3 is 18.9 Å². The Morgan fingerprint density at radius 1 is 1.03 bits per heavy atom. The lowest BCUT2D eigenvalue weighted by molar-refractivity contribution is -0.117. The molecular formula is C28H29N3O3S. The van der Waals surface area contributed by atoms with Gasteiger partial charge in [0, 0.05) is 36.0 Å². The molecule has 1 fully saturated rings. The number of methoxy groups -OCH3 is 1. The van der Waals surface area contributed by atoms with Gasteiger partial charge in [0.25, 0.3) is 0 Å². The molecule has 3 aromatic carbocycles. The number of hydrogen-bond acceptors (Lipinski definition) is 5. The molecule has 7 heteroatoms. The summed E-state index contributed by atoms with van der Waals surface area (Å²) in [6, 6.07) is 24.0. The van der Waals surface area contributed by atoms with E-state index in [0.717, 1.165) is 51.9 Å². The van der Waals surface area contributed by atoms with Crippen molar-refractivity contribution >= 4 is 34.4 Å². The number of nitrogens with zero attached hydrogens (tertiary/aromatic N) is 3. The molecule has 4 aromatic rings. The predicted molar refractivity (Wildman–Crippen MR) is 141 cm³/mol. The summed E-state index contributed by atoms with van der Waals surface area (Å²) in [6.45, 7) is 2.01. The molecule has 0 spiro atoms. The van der Waals surface area contributed by atoms with Gasteiger partial charge in [-0.3, -0.25) is 4.79 Å². The number of rotatable bonds is 9. The lowest BCUT2D eigenvalue weighted by Crippen LogP contribution is -2.24. The molecule has 5 rings (SSSR count). The average Bonchev–Trinajstić information content (AvgIpc) is 3.47. The number of carbonyl (C=O) groups excluding carboxylic acids is 1. The maximum Gasteiger partial charge on any atom is 0.227 e. The van der Waals surface area contributed by atoms with E-state index in [2.05, 4.69) is 29.0 Å². The minimum atomic E-state index is 0.0512. The van der Waals surface area contributed by atoms with Crippen molar-refractivity contribution < 1.29 is 14.3 Å². The third kappa shape index (κ3) is 5.00. The van der Waals surface area contributed by atoms with Crippen molar-refractivity contribution in [3.63, 3.8) is 0 Å². The number of amides is 1. The van der Waals surface area contributed by atoms with Crippen molar-refractivity contribution in [2.75, 3.05) is 31.4 Å². The highest BCUT2D eigenvalue weighted by molar-refractivity contribution is 7.98. The van der Waals surface area contributed by atoms with Crippen LogP contribution in [-0.4, -0.2) is 42.0 Å².